The lowest BCUT2D eigenvalue weighted by atomic mass is 10.1. The van der Waals surface area contributed by atoms with Crippen molar-refractivity contribution in [2.75, 3.05) is 13.1 Å². The molecule has 8 heteroatoms. The number of fused-ring (bicyclic) bond motifs is 1. The summed E-state index contributed by atoms with van der Waals surface area (Å²) >= 11 is 14.2. The first-order valence-corrected chi connectivity index (χ1v) is 10.1. The Morgan fingerprint density at radius 3 is 2.74 bits per heavy atom. The normalized spacial score (nSPS) is 17.2. The van der Waals surface area contributed by atoms with Crippen LogP contribution in [0.15, 0.2) is 23.6 Å². The molecule has 0 saturated carbocycles. The minimum absolute atomic E-state index is 0.0596. The van der Waals surface area contributed by atoms with E-state index in [0.717, 1.165) is 15.6 Å². The molecule has 1 aliphatic heterocycles. The van der Waals surface area contributed by atoms with Gasteiger partial charge in [0.2, 0.25) is 0 Å². The Labute approximate surface area is 171 Å². The van der Waals surface area contributed by atoms with Gasteiger partial charge in [-0.3, -0.25) is 0 Å². The quantitative estimate of drug-likeness (QED) is 0.529. The molecule has 1 saturated heterocycles. The van der Waals surface area contributed by atoms with Crippen LogP contribution in [-0.4, -0.2) is 46.4 Å². The largest absolute Gasteiger partial charge is 0.460 e. The van der Waals surface area contributed by atoms with Crippen LogP contribution in [-0.2, 0) is 4.74 Å². The molecule has 3 rings (SSSR count). The molecule has 1 aromatic carbocycles. The molecule has 1 aromatic heterocycles. The number of carbonyl (C=O) groups excluding carboxylic acids is 1. The Hall–Kier alpha value is -1.76. The summed E-state index contributed by atoms with van der Waals surface area (Å²) in [5, 5.41) is 17.0. The number of amides is 1. The summed E-state index contributed by atoms with van der Waals surface area (Å²) < 4.78 is 7.92. The van der Waals surface area contributed by atoms with Crippen molar-refractivity contribution < 1.29 is 19.2 Å². The van der Waals surface area contributed by atoms with Crippen molar-refractivity contribution >= 4 is 62.7 Å². The zero-order valence-corrected chi connectivity index (χ0v) is 17.6. The van der Waals surface area contributed by atoms with Crippen LogP contribution in [0.1, 0.15) is 26.3 Å². The molecule has 0 bridgehead atoms. The van der Waals surface area contributed by atoms with E-state index in [9.17, 15) is 9.90 Å². The number of benzene rings is 1. The van der Waals surface area contributed by atoms with Crippen LogP contribution in [0, 0.1) is 0 Å². The summed E-state index contributed by atoms with van der Waals surface area (Å²) in [4.78, 5) is 11.7. The third kappa shape index (κ3) is 4.75. The number of hydrogen-bond acceptors (Lipinski definition) is 3. The van der Waals surface area contributed by atoms with Crippen molar-refractivity contribution in [2.24, 2.45) is 0 Å². The van der Waals surface area contributed by atoms with Crippen molar-refractivity contribution in [3.05, 3.63) is 39.2 Å². The van der Waals surface area contributed by atoms with E-state index in [1.54, 1.807) is 16.7 Å². The molecule has 2 heterocycles. The van der Waals surface area contributed by atoms with Gasteiger partial charge in [0.25, 0.3) is 0 Å². The monoisotopic (exact) mass is 427 g/mol. The van der Waals surface area contributed by atoms with E-state index in [1.807, 2.05) is 38.3 Å². The number of alkyl carbamates (subject to hydrolysis) is 1. The first-order chi connectivity index (χ1) is 12.6. The first-order valence-electron chi connectivity index (χ1n) is 8.48. The first kappa shape index (κ1) is 20.0. The van der Waals surface area contributed by atoms with Gasteiger partial charge in [-0.25, -0.2) is 4.79 Å². The van der Waals surface area contributed by atoms with Crippen molar-refractivity contribution in [1.82, 2.24) is 5.32 Å². The van der Waals surface area contributed by atoms with Crippen LogP contribution < -0.4 is 5.32 Å². The smallest absolute Gasteiger partial charge is 0.408 e. The zero-order chi connectivity index (χ0) is 19.8. The SMILES string of the molecule is CC(C)(C)OC(=O)NC1C[N+](=C(O)/C=C/c2cc3ccsc3c(Cl)c2Cl)C1. The molecule has 2 N–H and O–H groups in total. The van der Waals surface area contributed by atoms with Gasteiger partial charge in [-0.15, -0.1) is 11.3 Å². The third-order valence-corrected chi connectivity index (χ3v) is 5.93. The van der Waals surface area contributed by atoms with Gasteiger partial charge < -0.3 is 15.2 Å². The van der Waals surface area contributed by atoms with Crippen LogP contribution in [0.25, 0.3) is 16.2 Å². The molecule has 0 spiro atoms. The van der Waals surface area contributed by atoms with E-state index in [4.69, 9.17) is 27.9 Å². The molecular weight excluding hydrogens is 407 g/mol. The number of carbonyl (C=O) groups is 1. The van der Waals surface area contributed by atoms with Gasteiger partial charge in [-0.05, 0) is 55.3 Å². The highest BCUT2D eigenvalue weighted by Crippen LogP contribution is 2.37. The second-order valence-corrected chi connectivity index (χ2v) is 9.04. The number of aliphatic hydroxyl groups excluding tert-OH is 1. The Morgan fingerprint density at radius 2 is 2.07 bits per heavy atom. The predicted molar refractivity (Wildman–Crippen MR) is 112 cm³/mol. The molecule has 1 amide bonds. The van der Waals surface area contributed by atoms with E-state index in [0.29, 0.717) is 23.1 Å². The molecule has 144 valence electrons. The highest BCUT2D eigenvalue weighted by atomic mass is 35.5. The highest BCUT2D eigenvalue weighted by Gasteiger charge is 2.35. The Balaban J connectivity index is 1.64. The van der Waals surface area contributed by atoms with Crippen molar-refractivity contribution in [1.29, 1.82) is 0 Å². The number of halogens is 2. The molecular formula is C19H21Cl2N2O3S+. The number of nitrogens with zero attached hydrogens (tertiary/aromatic N) is 1. The van der Waals surface area contributed by atoms with E-state index >= 15 is 0 Å². The number of hydrogen-bond donors (Lipinski definition) is 2. The molecule has 0 unspecified atom stereocenters. The summed E-state index contributed by atoms with van der Waals surface area (Å²) in [7, 11) is 0. The Morgan fingerprint density at radius 1 is 1.37 bits per heavy atom. The molecule has 0 atom stereocenters. The zero-order valence-electron chi connectivity index (χ0n) is 15.3. The van der Waals surface area contributed by atoms with Crippen molar-refractivity contribution in [3.63, 3.8) is 0 Å². The molecule has 0 radical (unpaired) electrons. The lowest BCUT2D eigenvalue weighted by Gasteiger charge is -2.26. The predicted octanol–water partition coefficient (Wildman–Crippen LogP) is 5.10. The van der Waals surface area contributed by atoms with Gasteiger partial charge in [0.05, 0.1) is 20.8 Å². The van der Waals surface area contributed by atoms with Gasteiger partial charge >= 0.3 is 12.0 Å². The summed E-state index contributed by atoms with van der Waals surface area (Å²) in [5.41, 5.74) is 0.206. The van der Waals surface area contributed by atoms with Crippen LogP contribution in [0.5, 0.6) is 0 Å². The molecule has 27 heavy (non-hydrogen) atoms. The molecule has 5 nitrogen and oxygen atoms in total. The van der Waals surface area contributed by atoms with Gasteiger partial charge in [0.15, 0.2) is 13.1 Å². The fraction of sp³-hybridized carbons (Fsp3) is 0.368. The van der Waals surface area contributed by atoms with E-state index < -0.39 is 11.7 Å². The third-order valence-electron chi connectivity index (χ3n) is 3.99. The molecule has 2 aromatic rings. The van der Waals surface area contributed by atoms with Crippen molar-refractivity contribution in [2.45, 2.75) is 32.4 Å². The lowest BCUT2D eigenvalue weighted by Crippen LogP contribution is -2.57. The van der Waals surface area contributed by atoms with Gasteiger partial charge in [-0.1, -0.05) is 23.2 Å². The lowest BCUT2D eigenvalue weighted by molar-refractivity contribution is -0.596. The van der Waals surface area contributed by atoms with Crippen molar-refractivity contribution in [3.8, 4) is 0 Å². The number of rotatable bonds is 3. The summed E-state index contributed by atoms with van der Waals surface area (Å²) in [6, 6.07) is 3.86. The van der Waals surface area contributed by atoms with Crippen LogP contribution in [0.2, 0.25) is 10.0 Å². The topological polar surface area (TPSA) is 61.6 Å². The maximum atomic E-state index is 11.7. The minimum atomic E-state index is -0.533. The maximum absolute atomic E-state index is 11.7. The summed E-state index contributed by atoms with van der Waals surface area (Å²) in [6.07, 6.45) is 2.86. The summed E-state index contributed by atoms with van der Waals surface area (Å²) in [5.74, 6) is 0.106. The van der Waals surface area contributed by atoms with E-state index in [1.165, 1.54) is 11.3 Å². The molecule has 0 aliphatic carbocycles. The van der Waals surface area contributed by atoms with Crippen LogP contribution >= 0.6 is 34.5 Å². The Kier molecular flexibility index (Phi) is 5.70. The molecule has 1 aliphatic rings. The van der Waals surface area contributed by atoms with Gasteiger partial charge in [-0.2, -0.15) is 4.58 Å². The second-order valence-electron chi connectivity index (χ2n) is 7.37. The van der Waals surface area contributed by atoms with E-state index in [2.05, 4.69) is 5.32 Å². The standard InChI is InChI=1S/C19H20Cl2N2O3S/c1-19(2,3)26-18(25)22-13-9-23(10-13)14(24)5-4-11-8-12-6-7-27-17(12)16(21)15(11)20/h4-8,13H,9-10H2,1-3H3,(H,22,25)/p+1/b5-4+. The molecule has 1 fully saturated rings. The average Bonchev–Trinajstić information content (AvgIpc) is 2.99. The van der Waals surface area contributed by atoms with Gasteiger partial charge in [0.1, 0.15) is 11.6 Å². The minimum Gasteiger partial charge on any atom is -0.460 e. The highest BCUT2D eigenvalue weighted by molar-refractivity contribution is 7.18. The number of thiophene rings is 1. The fourth-order valence-corrected chi connectivity index (χ4v) is 4.13. The fourth-order valence-electron chi connectivity index (χ4n) is 2.69. The maximum Gasteiger partial charge on any atom is 0.408 e. The second kappa shape index (κ2) is 7.70. The number of ether oxygens (including phenoxy) is 1. The van der Waals surface area contributed by atoms with Gasteiger partial charge in [0, 0.05) is 0 Å². The number of aliphatic hydroxyl groups is 1. The number of nitrogens with one attached hydrogen (secondary N) is 1. The van der Waals surface area contributed by atoms with Crippen LogP contribution in [0.4, 0.5) is 4.79 Å². The Bertz CT molecular complexity index is 936. The summed E-state index contributed by atoms with van der Waals surface area (Å²) in [6.45, 7) is 6.46. The average molecular weight is 428 g/mol. The van der Waals surface area contributed by atoms with E-state index in [-0.39, 0.29) is 11.9 Å². The van der Waals surface area contributed by atoms with Crippen LogP contribution in [0.3, 0.4) is 0 Å².